The number of hydrogen-bond donors (Lipinski definition) is 1. The van der Waals surface area contributed by atoms with E-state index < -0.39 is 0 Å². The van der Waals surface area contributed by atoms with E-state index in [9.17, 15) is 14.0 Å². The Bertz CT molecular complexity index is 747. The molecule has 0 unspecified atom stereocenters. The maximum absolute atomic E-state index is 12.9. The van der Waals surface area contributed by atoms with Crippen LogP contribution in [0.1, 0.15) is 19.4 Å². The lowest BCUT2D eigenvalue weighted by molar-refractivity contribution is -0.121. The zero-order valence-electron chi connectivity index (χ0n) is 15.0. The van der Waals surface area contributed by atoms with E-state index in [1.54, 1.807) is 17.0 Å². The molecule has 2 aromatic carbocycles. The molecule has 0 radical (unpaired) electrons. The van der Waals surface area contributed by atoms with Gasteiger partial charge in [-0.1, -0.05) is 24.3 Å². The number of carbonyl (C=O) groups excluding carboxylic acids is 2. The fourth-order valence-corrected chi connectivity index (χ4v) is 2.56. The number of ether oxygens (including phenoxy) is 1. The van der Waals surface area contributed by atoms with Crippen molar-refractivity contribution in [2.24, 2.45) is 0 Å². The average molecular weight is 358 g/mol. The highest BCUT2D eigenvalue weighted by Crippen LogP contribution is 2.27. The van der Waals surface area contributed by atoms with Gasteiger partial charge in [0.2, 0.25) is 11.8 Å². The fraction of sp³-hybridized carbons (Fsp3) is 0.300. The molecule has 2 amide bonds. The van der Waals surface area contributed by atoms with Gasteiger partial charge >= 0.3 is 0 Å². The van der Waals surface area contributed by atoms with Gasteiger partial charge in [0.15, 0.2) is 0 Å². The van der Waals surface area contributed by atoms with Crippen molar-refractivity contribution in [2.75, 3.05) is 24.6 Å². The highest BCUT2D eigenvalue weighted by Gasteiger charge is 2.16. The number of nitrogens with one attached hydrogen (secondary N) is 1. The largest absolute Gasteiger partial charge is 0.492 e. The first-order valence-corrected chi connectivity index (χ1v) is 8.52. The first-order chi connectivity index (χ1) is 12.5. The minimum atomic E-state index is -0.334. The zero-order chi connectivity index (χ0) is 18.9. The standard InChI is InChI=1S/C20H23FN2O3/c1-3-26-19-7-5-4-6-18(19)23(15(2)24)13-12-22-20(25)14-16-8-10-17(21)11-9-16/h4-11H,3,12-14H2,1-2H3,(H,22,25). The Labute approximate surface area is 152 Å². The Morgan fingerprint density at radius 2 is 1.81 bits per heavy atom. The van der Waals surface area contributed by atoms with Crippen LogP contribution in [-0.2, 0) is 16.0 Å². The maximum atomic E-state index is 12.9. The van der Waals surface area contributed by atoms with E-state index in [2.05, 4.69) is 5.32 Å². The van der Waals surface area contributed by atoms with Gasteiger partial charge in [0.05, 0.1) is 18.7 Å². The molecule has 0 aliphatic carbocycles. The third-order valence-electron chi connectivity index (χ3n) is 3.77. The minimum Gasteiger partial charge on any atom is -0.492 e. The van der Waals surface area contributed by atoms with E-state index in [0.29, 0.717) is 31.1 Å². The van der Waals surface area contributed by atoms with Crippen LogP contribution in [0.15, 0.2) is 48.5 Å². The van der Waals surface area contributed by atoms with Crippen LogP contribution in [0.3, 0.4) is 0 Å². The Kier molecular flexibility index (Phi) is 7.14. The summed E-state index contributed by atoms with van der Waals surface area (Å²) < 4.78 is 18.5. The molecule has 0 saturated carbocycles. The van der Waals surface area contributed by atoms with Crippen LogP contribution in [0.25, 0.3) is 0 Å². The number of para-hydroxylation sites is 2. The summed E-state index contributed by atoms with van der Waals surface area (Å²) in [6.07, 6.45) is 0.163. The van der Waals surface area contributed by atoms with Crippen molar-refractivity contribution in [3.63, 3.8) is 0 Å². The quantitative estimate of drug-likeness (QED) is 0.789. The van der Waals surface area contributed by atoms with Gasteiger partial charge in [-0.2, -0.15) is 0 Å². The molecule has 0 bridgehead atoms. The predicted octanol–water partition coefficient (Wildman–Crippen LogP) is 2.94. The molecule has 5 nitrogen and oxygen atoms in total. The highest BCUT2D eigenvalue weighted by molar-refractivity contribution is 5.93. The molecule has 0 atom stereocenters. The Balaban J connectivity index is 1.93. The van der Waals surface area contributed by atoms with Crippen LogP contribution in [0.4, 0.5) is 10.1 Å². The van der Waals surface area contributed by atoms with Crippen LogP contribution in [0.2, 0.25) is 0 Å². The van der Waals surface area contributed by atoms with Crippen molar-refractivity contribution in [2.45, 2.75) is 20.3 Å². The van der Waals surface area contributed by atoms with Crippen molar-refractivity contribution in [3.8, 4) is 5.75 Å². The zero-order valence-corrected chi connectivity index (χ0v) is 15.0. The monoisotopic (exact) mass is 358 g/mol. The van der Waals surface area contributed by atoms with Crippen molar-refractivity contribution >= 4 is 17.5 Å². The molecule has 6 heteroatoms. The second-order valence-electron chi connectivity index (χ2n) is 5.72. The number of rotatable bonds is 8. The van der Waals surface area contributed by atoms with Gasteiger partial charge in [0.25, 0.3) is 0 Å². The third-order valence-corrected chi connectivity index (χ3v) is 3.77. The molecule has 1 N–H and O–H groups in total. The first kappa shape index (κ1) is 19.4. The normalized spacial score (nSPS) is 10.3. The molecule has 0 spiro atoms. The SMILES string of the molecule is CCOc1ccccc1N(CCNC(=O)Cc1ccc(F)cc1)C(C)=O. The number of halogens is 1. The Morgan fingerprint density at radius 1 is 1.12 bits per heavy atom. The van der Waals surface area contributed by atoms with Gasteiger partial charge in [-0.3, -0.25) is 9.59 Å². The molecule has 0 fully saturated rings. The van der Waals surface area contributed by atoms with E-state index in [0.717, 1.165) is 5.56 Å². The summed E-state index contributed by atoms with van der Waals surface area (Å²) in [5.74, 6) is -0.0230. The number of benzene rings is 2. The number of nitrogens with zero attached hydrogens (tertiary/aromatic N) is 1. The molecule has 2 aromatic rings. The van der Waals surface area contributed by atoms with E-state index in [-0.39, 0.29) is 24.1 Å². The number of carbonyl (C=O) groups is 2. The summed E-state index contributed by atoms with van der Waals surface area (Å²) >= 11 is 0. The van der Waals surface area contributed by atoms with Crippen LogP contribution < -0.4 is 15.0 Å². The van der Waals surface area contributed by atoms with Gasteiger partial charge in [-0.15, -0.1) is 0 Å². The lowest BCUT2D eigenvalue weighted by Crippen LogP contribution is -2.38. The molecule has 0 aromatic heterocycles. The Hall–Kier alpha value is -2.89. The van der Waals surface area contributed by atoms with E-state index in [1.165, 1.54) is 19.1 Å². The number of amides is 2. The topological polar surface area (TPSA) is 58.6 Å². The lowest BCUT2D eigenvalue weighted by atomic mass is 10.1. The fourth-order valence-electron chi connectivity index (χ4n) is 2.56. The lowest BCUT2D eigenvalue weighted by Gasteiger charge is -2.23. The molecule has 0 heterocycles. The molecule has 2 rings (SSSR count). The summed E-state index contributed by atoms with van der Waals surface area (Å²) in [5.41, 5.74) is 1.41. The van der Waals surface area contributed by atoms with Crippen molar-refractivity contribution in [3.05, 3.63) is 59.9 Å². The molecule has 138 valence electrons. The van der Waals surface area contributed by atoms with Crippen molar-refractivity contribution in [1.29, 1.82) is 0 Å². The van der Waals surface area contributed by atoms with Gasteiger partial charge in [0, 0.05) is 20.0 Å². The van der Waals surface area contributed by atoms with Gasteiger partial charge in [0.1, 0.15) is 11.6 Å². The molecular formula is C20H23FN2O3. The molecular weight excluding hydrogens is 335 g/mol. The van der Waals surface area contributed by atoms with Crippen LogP contribution in [0, 0.1) is 5.82 Å². The summed E-state index contributed by atoms with van der Waals surface area (Å²) in [4.78, 5) is 25.6. The third kappa shape index (κ3) is 5.58. The number of hydrogen-bond acceptors (Lipinski definition) is 3. The van der Waals surface area contributed by atoms with E-state index in [1.807, 2.05) is 31.2 Å². The molecule has 0 aliphatic rings. The molecule has 0 saturated heterocycles. The van der Waals surface area contributed by atoms with E-state index in [4.69, 9.17) is 4.74 Å². The minimum absolute atomic E-state index is 0.134. The highest BCUT2D eigenvalue weighted by atomic mass is 19.1. The van der Waals surface area contributed by atoms with Crippen LogP contribution in [-0.4, -0.2) is 31.5 Å². The van der Waals surface area contributed by atoms with Crippen LogP contribution in [0.5, 0.6) is 5.75 Å². The van der Waals surface area contributed by atoms with E-state index >= 15 is 0 Å². The van der Waals surface area contributed by atoms with Gasteiger partial charge < -0.3 is 15.0 Å². The number of anilines is 1. The second kappa shape index (κ2) is 9.56. The maximum Gasteiger partial charge on any atom is 0.224 e. The van der Waals surface area contributed by atoms with Crippen LogP contribution >= 0.6 is 0 Å². The Morgan fingerprint density at radius 3 is 2.46 bits per heavy atom. The summed E-state index contributed by atoms with van der Waals surface area (Å²) in [7, 11) is 0. The van der Waals surface area contributed by atoms with Gasteiger partial charge in [-0.25, -0.2) is 4.39 Å². The summed E-state index contributed by atoms with van der Waals surface area (Å²) in [5, 5.41) is 2.78. The summed E-state index contributed by atoms with van der Waals surface area (Å²) in [6.45, 7) is 4.49. The van der Waals surface area contributed by atoms with Crippen molar-refractivity contribution in [1.82, 2.24) is 5.32 Å². The average Bonchev–Trinajstić information content (AvgIpc) is 2.61. The first-order valence-electron chi connectivity index (χ1n) is 8.52. The summed E-state index contributed by atoms with van der Waals surface area (Å²) in [6, 6.07) is 13.1. The van der Waals surface area contributed by atoms with Crippen molar-refractivity contribution < 1.29 is 18.7 Å². The van der Waals surface area contributed by atoms with Gasteiger partial charge in [-0.05, 0) is 36.8 Å². The predicted molar refractivity (Wildman–Crippen MR) is 98.8 cm³/mol. The molecule has 26 heavy (non-hydrogen) atoms. The smallest absolute Gasteiger partial charge is 0.224 e. The molecule has 0 aliphatic heterocycles. The second-order valence-corrected chi connectivity index (χ2v) is 5.72.